The number of allylic oxidation sites excluding steroid dienone is 2. The van der Waals surface area contributed by atoms with Gasteiger partial charge in [0.2, 0.25) is 0 Å². The van der Waals surface area contributed by atoms with Crippen molar-refractivity contribution in [1.29, 1.82) is 0 Å². The molecular formula is C42H48IrNO4-. The van der Waals surface area contributed by atoms with Crippen LogP contribution in [0.2, 0.25) is 0 Å². The molecule has 3 aromatic carbocycles. The molecule has 3 heterocycles. The number of furan rings is 2. The number of carbonyl (C=O) groups excluding carboxylic acids is 1. The number of aliphatic hydroxyl groups excluding tert-OH is 1. The molecule has 0 unspecified atom stereocenters. The van der Waals surface area contributed by atoms with Crippen LogP contribution in [-0.2, 0) is 30.3 Å². The first kappa shape index (κ1) is 37.1. The standard InChI is InChI=1S/C27H20NO2.C15H28O2.Ir/c1-27(2,3)21-15-17(14-16-6-4-5-7-18(16)21)25-24-20-8-9-22-19(11-13-29-22)26(20)30-23(24)10-12-28-25;1-7-14(5,8-2)12(16)11-13(17)15(6,9-3)10-4;/h4-13,15H,1-3H3;11,16H,7-10H2,1-6H3;/q-1;;/b;12-11-;. The molecule has 0 saturated carbocycles. The van der Waals surface area contributed by atoms with Gasteiger partial charge in [0, 0.05) is 59.7 Å². The zero-order chi connectivity index (χ0) is 34.1. The van der Waals surface area contributed by atoms with Crippen molar-refractivity contribution in [2.24, 2.45) is 10.8 Å². The average Bonchev–Trinajstić information content (AvgIpc) is 3.71. The van der Waals surface area contributed by atoms with Gasteiger partial charge in [0.15, 0.2) is 5.78 Å². The van der Waals surface area contributed by atoms with Crippen LogP contribution in [0.5, 0.6) is 0 Å². The molecule has 1 N–H and O–H groups in total. The van der Waals surface area contributed by atoms with Crippen molar-refractivity contribution in [3.8, 4) is 11.3 Å². The van der Waals surface area contributed by atoms with E-state index in [0.717, 1.165) is 75.2 Å². The molecule has 48 heavy (non-hydrogen) atoms. The summed E-state index contributed by atoms with van der Waals surface area (Å²) in [6, 6.07) is 22.2. The van der Waals surface area contributed by atoms with Crippen molar-refractivity contribution < 1.29 is 38.8 Å². The van der Waals surface area contributed by atoms with E-state index in [1.807, 2.05) is 65.9 Å². The molecule has 0 aliphatic rings. The van der Waals surface area contributed by atoms with Gasteiger partial charge in [0.25, 0.3) is 0 Å². The molecule has 0 fully saturated rings. The number of fused-ring (bicyclic) bond motifs is 6. The van der Waals surface area contributed by atoms with Crippen LogP contribution < -0.4 is 0 Å². The van der Waals surface area contributed by atoms with Gasteiger partial charge in [-0.25, -0.2) is 0 Å². The second-order valence-corrected chi connectivity index (χ2v) is 14.2. The summed E-state index contributed by atoms with van der Waals surface area (Å²) >= 11 is 0. The van der Waals surface area contributed by atoms with E-state index >= 15 is 0 Å². The first-order valence-electron chi connectivity index (χ1n) is 16.9. The molecule has 255 valence electrons. The molecule has 6 rings (SSSR count). The SMILES string of the molecule is CC(C)(C)c1cc(-c2nccc3oc4c5ccoc5ccc4c23)[c-]c2ccccc12.CCC(C)(CC)C(=O)/C=C(\O)C(C)(CC)CC.[Ir]. The van der Waals surface area contributed by atoms with Crippen molar-refractivity contribution in [2.75, 3.05) is 0 Å². The van der Waals surface area contributed by atoms with E-state index in [0.29, 0.717) is 0 Å². The van der Waals surface area contributed by atoms with Gasteiger partial charge in [0.05, 0.1) is 11.6 Å². The quantitative estimate of drug-likeness (QED) is 0.0940. The molecule has 0 atom stereocenters. The smallest absolute Gasteiger partial charge is 0.164 e. The van der Waals surface area contributed by atoms with E-state index in [1.165, 1.54) is 17.0 Å². The van der Waals surface area contributed by atoms with Gasteiger partial charge in [-0.15, -0.1) is 29.1 Å². The normalized spacial score (nSPS) is 12.7. The molecule has 6 heteroatoms. The molecule has 0 saturated heterocycles. The predicted molar refractivity (Wildman–Crippen MR) is 195 cm³/mol. The Morgan fingerprint density at radius 2 is 1.50 bits per heavy atom. The predicted octanol–water partition coefficient (Wildman–Crippen LogP) is 12.3. The number of carbonyl (C=O) groups is 1. The van der Waals surface area contributed by atoms with Crippen LogP contribution in [0.3, 0.4) is 0 Å². The van der Waals surface area contributed by atoms with Crippen LogP contribution in [0.25, 0.3) is 54.9 Å². The maximum Gasteiger partial charge on any atom is 0.164 e. The Kier molecular flexibility index (Phi) is 11.1. The number of hydrogen-bond acceptors (Lipinski definition) is 5. The molecule has 6 aromatic rings. The molecule has 1 radical (unpaired) electrons. The number of ketones is 1. The fourth-order valence-corrected chi connectivity index (χ4v) is 6.09. The van der Waals surface area contributed by atoms with Gasteiger partial charge in [-0.3, -0.25) is 9.78 Å². The number of aliphatic hydroxyl groups is 1. The summed E-state index contributed by atoms with van der Waals surface area (Å²) < 4.78 is 11.8. The number of pyridine rings is 1. The van der Waals surface area contributed by atoms with Gasteiger partial charge in [-0.2, -0.15) is 0 Å². The van der Waals surface area contributed by atoms with Gasteiger partial charge in [-0.05, 0) is 55.4 Å². The summed E-state index contributed by atoms with van der Waals surface area (Å²) in [6.45, 7) is 18.8. The van der Waals surface area contributed by atoms with Gasteiger partial charge >= 0.3 is 0 Å². The van der Waals surface area contributed by atoms with E-state index in [4.69, 9.17) is 13.8 Å². The first-order valence-corrected chi connectivity index (χ1v) is 16.9. The fraction of sp³-hybridized carbons (Fsp3) is 0.381. The van der Waals surface area contributed by atoms with E-state index in [2.05, 4.69) is 63.2 Å². The third kappa shape index (κ3) is 6.88. The summed E-state index contributed by atoms with van der Waals surface area (Å²) in [7, 11) is 0. The monoisotopic (exact) mass is 823 g/mol. The van der Waals surface area contributed by atoms with Crippen molar-refractivity contribution >= 4 is 49.5 Å². The summed E-state index contributed by atoms with van der Waals surface area (Å²) in [5.41, 5.74) is 5.04. The number of aromatic nitrogens is 1. The maximum atomic E-state index is 12.2. The Morgan fingerprint density at radius 3 is 2.15 bits per heavy atom. The van der Waals surface area contributed by atoms with Gasteiger partial charge in [-0.1, -0.05) is 91.5 Å². The largest absolute Gasteiger partial charge is 0.512 e. The molecular weight excluding hydrogens is 775 g/mol. The number of hydrogen-bond donors (Lipinski definition) is 1. The molecule has 5 nitrogen and oxygen atoms in total. The first-order chi connectivity index (χ1) is 22.3. The number of nitrogens with zero attached hydrogens (tertiary/aromatic N) is 1. The molecule has 0 bridgehead atoms. The Labute approximate surface area is 298 Å². The van der Waals surface area contributed by atoms with Crippen LogP contribution in [0, 0.1) is 16.9 Å². The van der Waals surface area contributed by atoms with Crippen LogP contribution in [0.4, 0.5) is 0 Å². The third-order valence-corrected chi connectivity index (χ3v) is 10.4. The molecule has 3 aromatic heterocycles. The summed E-state index contributed by atoms with van der Waals surface area (Å²) in [4.78, 5) is 17.0. The van der Waals surface area contributed by atoms with Crippen LogP contribution in [0.1, 0.15) is 93.6 Å². The molecule has 0 aliphatic heterocycles. The average molecular weight is 823 g/mol. The van der Waals surface area contributed by atoms with Crippen molar-refractivity contribution in [2.45, 2.75) is 93.4 Å². The van der Waals surface area contributed by atoms with E-state index in [9.17, 15) is 9.90 Å². The third-order valence-electron chi connectivity index (χ3n) is 10.4. The second-order valence-electron chi connectivity index (χ2n) is 14.2. The van der Waals surface area contributed by atoms with Gasteiger partial charge < -0.3 is 13.9 Å². The second kappa shape index (κ2) is 14.4. The maximum absolute atomic E-state index is 12.2. The number of rotatable bonds is 8. The Balaban J connectivity index is 0.000000251. The van der Waals surface area contributed by atoms with Crippen LogP contribution >= 0.6 is 0 Å². The molecule has 0 spiro atoms. The van der Waals surface area contributed by atoms with Crippen molar-refractivity contribution in [3.05, 3.63) is 90.5 Å². The van der Waals surface area contributed by atoms with E-state index < -0.39 is 0 Å². The minimum absolute atomic E-state index is 0. The zero-order valence-corrected chi connectivity index (χ0v) is 32.1. The van der Waals surface area contributed by atoms with Crippen LogP contribution in [0.15, 0.2) is 87.7 Å². The summed E-state index contributed by atoms with van der Waals surface area (Å²) in [5, 5.41) is 15.5. The number of benzene rings is 3. The Bertz CT molecular complexity index is 2080. The molecule has 0 amide bonds. The fourth-order valence-electron chi connectivity index (χ4n) is 6.09. The zero-order valence-electron chi connectivity index (χ0n) is 29.7. The summed E-state index contributed by atoms with van der Waals surface area (Å²) in [5.74, 6) is 0.286. The minimum atomic E-state index is -0.337. The Hall–Kier alpha value is -3.73. The van der Waals surface area contributed by atoms with Crippen molar-refractivity contribution in [3.63, 3.8) is 0 Å². The molecule has 0 aliphatic carbocycles. The van der Waals surface area contributed by atoms with E-state index in [-0.39, 0.29) is 47.9 Å². The van der Waals surface area contributed by atoms with Gasteiger partial charge in [0.1, 0.15) is 22.5 Å². The van der Waals surface area contributed by atoms with Crippen LogP contribution in [-0.4, -0.2) is 15.9 Å². The van der Waals surface area contributed by atoms with E-state index in [1.54, 1.807) is 6.26 Å². The Morgan fingerprint density at radius 1 is 0.833 bits per heavy atom. The minimum Gasteiger partial charge on any atom is -0.512 e. The summed E-state index contributed by atoms with van der Waals surface area (Å²) in [6.07, 6.45) is 8.26. The topological polar surface area (TPSA) is 76.5 Å². The van der Waals surface area contributed by atoms with Crippen molar-refractivity contribution in [1.82, 2.24) is 4.98 Å².